The summed E-state index contributed by atoms with van der Waals surface area (Å²) in [5, 5.41) is 8.40. The van der Waals surface area contributed by atoms with Crippen molar-refractivity contribution in [1.82, 2.24) is 23.9 Å². The molecule has 122 valence electrons. The highest BCUT2D eigenvalue weighted by Gasteiger charge is 2.29. The van der Waals surface area contributed by atoms with E-state index in [1.54, 1.807) is 43.5 Å². The van der Waals surface area contributed by atoms with Crippen LogP contribution >= 0.6 is 15.9 Å². The normalized spacial score (nSPS) is 12.3. The molecule has 9 heteroatoms. The maximum Gasteiger partial charge on any atom is 0.246 e. The van der Waals surface area contributed by atoms with Crippen molar-refractivity contribution in [3.63, 3.8) is 0 Å². The quantitative estimate of drug-likeness (QED) is 0.781. The molecule has 0 N–H and O–H groups in total. The van der Waals surface area contributed by atoms with Crippen molar-refractivity contribution in [2.75, 3.05) is 7.05 Å². The van der Waals surface area contributed by atoms with Crippen LogP contribution in [-0.2, 0) is 30.2 Å². The van der Waals surface area contributed by atoms with Gasteiger partial charge < -0.3 is 0 Å². The lowest BCUT2D eigenvalue weighted by molar-refractivity contribution is 0.445. The van der Waals surface area contributed by atoms with Gasteiger partial charge in [-0.25, -0.2) is 8.42 Å². The van der Waals surface area contributed by atoms with E-state index in [-0.39, 0.29) is 11.4 Å². The van der Waals surface area contributed by atoms with Crippen LogP contribution in [0, 0.1) is 13.8 Å². The van der Waals surface area contributed by atoms with E-state index >= 15 is 0 Å². The first-order valence-electron chi connectivity index (χ1n) is 6.86. The lowest BCUT2D eigenvalue weighted by Gasteiger charge is -2.18. The zero-order valence-electron chi connectivity index (χ0n) is 13.3. The van der Waals surface area contributed by atoms with Gasteiger partial charge in [-0.15, -0.1) is 0 Å². The lowest BCUT2D eigenvalue weighted by Crippen LogP contribution is -2.28. The van der Waals surface area contributed by atoms with E-state index < -0.39 is 10.0 Å². The highest BCUT2D eigenvalue weighted by atomic mass is 79.9. The monoisotopic (exact) mass is 389 g/mol. The Morgan fingerprint density at radius 1 is 1.36 bits per heavy atom. The predicted molar refractivity (Wildman–Crippen MR) is 86.9 cm³/mol. The van der Waals surface area contributed by atoms with Gasteiger partial charge >= 0.3 is 0 Å². The topological polar surface area (TPSA) is 73.0 Å². The first-order valence-corrected chi connectivity index (χ1v) is 9.10. The number of hydrogen-bond acceptors (Lipinski definition) is 4. The summed E-state index contributed by atoms with van der Waals surface area (Å²) in [6.07, 6.45) is 1.68. The van der Waals surface area contributed by atoms with Gasteiger partial charge in [0.2, 0.25) is 10.0 Å². The Labute approximate surface area is 139 Å². The molecule has 0 aliphatic rings. The minimum Gasteiger partial charge on any atom is -0.271 e. The van der Waals surface area contributed by atoms with Gasteiger partial charge in [-0.2, -0.15) is 14.5 Å². The van der Waals surface area contributed by atoms with Gasteiger partial charge in [0.05, 0.1) is 34.3 Å². The van der Waals surface area contributed by atoms with Gasteiger partial charge in [-0.05, 0) is 36.7 Å². The predicted octanol–water partition coefficient (Wildman–Crippen LogP) is 1.84. The third kappa shape index (κ3) is 2.84. The Morgan fingerprint density at radius 3 is 2.50 bits per heavy atom. The third-order valence-electron chi connectivity index (χ3n) is 3.68. The van der Waals surface area contributed by atoms with Crippen molar-refractivity contribution in [3.05, 3.63) is 27.8 Å². The molecule has 0 unspecified atom stereocenters. The van der Waals surface area contributed by atoms with E-state index in [1.165, 1.54) is 4.31 Å². The third-order valence-corrected chi connectivity index (χ3v) is 6.40. The Bertz CT molecular complexity index is 794. The van der Waals surface area contributed by atoms with Gasteiger partial charge in [0.1, 0.15) is 4.90 Å². The SMILES string of the molecule is CCn1ncc(Br)c1CN(C)S(=O)(=O)c1c(C)nn(C)c1C. The molecule has 7 nitrogen and oxygen atoms in total. The molecule has 2 aromatic rings. The second kappa shape index (κ2) is 6.13. The fourth-order valence-corrected chi connectivity index (χ4v) is 4.34. The number of aromatic nitrogens is 4. The summed E-state index contributed by atoms with van der Waals surface area (Å²) in [4.78, 5) is 0.274. The zero-order chi connectivity index (χ0) is 16.7. The van der Waals surface area contributed by atoms with Gasteiger partial charge in [-0.1, -0.05) is 0 Å². The fraction of sp³-hybridized carbons (Fsp3) is 0.538. The smallest absolute Gasteiger partial charge is 0.246 e. The molecule has 0 radical (unpaired) electrons. The summed E-state index contributed by atoms with van der Waals surface area (Å²) in [6, 6.07) is 0. The van der Waals surface area contributed by atoms with Gasteiger partial charge in [0.15, 0.2) is 0 Å². The molecule has 0 saturated carbocycles. The van der Waals surface area contributed by atoms with Crippen molar-refractivity contribution >= 4 is 26.0 Å². The van der Waals surface area contributed by atoms with Crippen LogP contribution in [0.4, 0.5) is 0 Å². The first-order chi connectivity index (χ1) is 10.2. The molecule has 22 heavy (non-hydrogen) atoms. The van der Waals surface area contributed by atoms with Gasteiger partial charge in [0, 0.05) is 20.6 Å². The first kappa shape index (κ1) is 17.2. The Kier molecular flexibility index (Phi) is 4.78. The van der Waals surface area contributed by atoms with E-state index in [0.717, 1.165) is 10.2 Å². The van der Waals surface area contributed by atoms with Gasteiger partial charge in [0.25, 0.3) is 0 Å². The second-order valence-electron chi connectivity index (χ2n) is 5.14. The lowest BCUT2D eigenvalue weighted by atomic mass is 10.4. The number of sulfonamides is 1. The van der Waals surface area contributed by atoms with Crippen LogP contribution in [0.5, 0.6) is 0 Å². The minimum atomic E-state index is -3.61. The van der Waals surface area contributed by atoms with Crippen LogP contribution < -0.4 is 0 Å². The zero-order valence-corrected chi connectivity index (χ0v) is 15.7. The fourth-order valence-electron chi connectivity index (χ4n) is 2.40. The maximum absolute atomic E-state index is 12.9. The highest BCUT2D eigenvalue weighted by molar-refractivity contribution is 9.10. The standard InChI is InChI=1S/C13H20BrN5O2S/c1-6-19-12(11(14)7-15-19)8-17(4)22(20,21)13-9(2)16-18(5)10(13)3/h7H,6,8H2,1-5H3. The van der Waals surface area contributed by atoms with Crippen molar-refractivity contribution in [3.8, 4) is 0 Å². The van der Waals surface area contributed by atoms with E-state index in [1.807, 2.05) is 6.92 Å². The van der Waals surface area contributed by atoms with Crippen LogP contribution in [0.1, 0.15) is 24.0 Å². The second-order valence-corrected chi connectivity index (χ2v) is 7.98. The summed E-state index contributed by atoms with van der Waals surface area (Å²) in [6.45, 7) is 6.35. The maximum atomic E-state index is 12.9. The highest BCUT2D eigenvalue weighted by Crippen LogP contribution is 2.25. The van der Waals surface area contributed by atoms with Crippen LogP contribution in [0.25, 0.3) is 0 Å². The summed E-state index contributed by atoms with van der Waals surface area (Å²) in [5.74, 6) is 0. The molecule has 0 amide bonds. The average Bonchev–Trinajstić information content (AvgIpc) is 2.91. The van der Waals surface area contributed by atoms with Crippen molar-refractivity contribution < 1.29 is 8.42 Å². The largest absolute Gasteiger partial charge is 0.271 e. The number of aryl methyl sites for hydroxylation is 3. The molecule has 0 aliphatic heterocycles. The van der Waals surface area contributed by atoms with Crippen molar-refractivity contribution in [1.29, 1.82) is 0 Å². The Hall–Kier alpha value is -1.19. The minimum absolute atomic E-state index is 0.241. The molecular formula is C13H20BrN5O2S. The molecule has 2 rings (SSSR count). The average molecular weight is 390 g/mol. The van der Waals surface area contributed by atoms with Crippen LogP contribution in [0.15, 0.2) is 15.6 Å². The molecular weight excluding hydrogens is 370 g/mol. The Balaban J connectivity index is 2.39. The van der Waals surface area contributed by atoms with E-state index in [9.17, 15) is 8.42 Å². The van der Waals surface area contributed by atoms with Crippen LogP contribution in [0.3, 0.4) is 0 Å². The molecule has 0 saturated heterocycles. The number of nitrogens with zero attached hydrogens (tertiary/aromatic N) is 5. The molecule has 0 bridgehead atoms. The molecule has 0 spiro atoms. The van der Waals surface area contributed by atoms with E-state index in [2.05, 4.69) is 26.1 Å². The molecule has 0 aliphatic carbocycles. The number of halogens is 1. The molecule has 2 aromatic heterocycles. The molecule has 2 heterocycles. The van der Waals surface area contributed by atoms with Crippen LogP contribution in [-0.4, -0.2) is 39.3 Å². The summed E-state index contributed by atoms with van der Waals surface area (Å²) in [5.41, 5.74) is 1.97. The molecule has 0 atom stereocenters. The molecule has 0 aromatic carbocycles. The number of hydrogen-bond donors (Lipinski definition) is 0. The molecule has 0 fully saturated rings. The van der Waals surface area contributed by atoms with Crippen molar-refractivity contribution in [2.24, 2.45) is 7.05 Å². The van der Waals surface area contributed by atoms with E-state index in [4.69, 9.17) is 0 Å². The van der Waals surface area contributed by atoms with E-state index in [0.29, 0.717) is 17.9 Å². The summed E-state index contributed by atoms with van der Waals surface area (Å²) >= 11 is 3.42. The van der Waals surface area contributed by atoms with Crippen molar-refractivity contribution in [2.45, 2.75) is 38.8 Å². The number of rotatable bonds is 5. The summed E-state index contributed by atoms with van der Waals surface area (Å²) < 4.78 is 31.2. The van der Waals surface area contributed by atoms with Crippen LogP contribution in [0.2, 0.25) is 0 Å². The summed E-state index contributed by atoms with van der Waals surface area (Å²) in [7, 11) is -0.299. The Morgan fingerprint density at radius 2 is 2.00 bits per heavy atom. The van der Waals surface area contributed by atoms with Gasteiger partial charge in [-0.3, -0.25) is 9.36 Å².